The van der Waals surface area contributed by atoms with Crippen LogP contribution in [0.4, 0.5) is 0 Å². The van der Waals surface area contributed by atoms with E-state index < -0.39 is 0 Å². The lowest BCUT2D eigenvalue weighted by Gasteiger charge is -2.44. The molecule has 0 radical (unpaired) electrons. The van der Waals surface area contributed by atoms with Gasteiger partial charge in [0.1, 0.15) is 5.54 Å². The molecular weight excluding hydrogens is 262 g/mol. The molecule has 1 aliphatic heterocycles. The summed E-state index contributed by atoms with van der Waals surface area (Å²) in [6.45, 7) is 6.33. The summed E-state index contributed by atoms with van der Waals surface area (Å²) in [4.78, 5) is 2.63. The molecule has 0 amide bonds. The van der Waals surface area contributed by atoms with Gasteiger partial charge in [-0.15, -0.1) is 0 Å². The lowest BCUT2D eigenvalue weighted by molar-refractivity contribution is 0.0457. The lowest BCUT2D eigenvalue weighted by atomic mass is 9.78. The first kappa shape index (κ1) is 16.7. The Balaban J connectivity index is 1.94. The molecule has 0 aromatic heterocycles. The first-order valence-corrected chi connectivity index (χ1v) is 8.62. The number of nitriles is 1. The zero-order chi connectivity index (χ0) is 15.1. The van der Waals surface area contributed by atoms with Crippen LogP contribution >= 0.6 is 0 Å². The number of nitrogens with zero attached hydrogens (tertiary/aromatic N) is 2. The van der Waals surface area contributed by atoms with E-state index >= 15 is 0 Å². The number of hydrogen-bond donors (Lipinski definition) is 1. The molecule has 3 unspecified atom stereocenters. The molecule has 2 aliphatic rings. The fraction of sp³-hybridized carbons (Fsp3) is 0.941. The molecule has 0 spiro atoms. The van der Waals surface area contributed by atoms with E-state index in [1.54, 1.807) is 7.11 Å². The van der Waals surface area contributed by atoms with Crippen LogP contribution in [0.25, 0.3) is 0 Å². The predicted octanol–water partition coefficient (Wildman–Crippen LogP) is 2.55. The van der Waals surface area contributed by atoms with E-state index in [0.29, 0.717) is 12.0 Å². The quantitative estimate of drug-likeness (QED) is 0.817. The molecular formula is C17H31N3O. The van der Waals surface area contributed by atoms with Crippen LogP contribution in [-0.2, 0) is 4.74 Å². The average Bonchev–Trinajstić information content (AvgIpc) is 2.54. The van der Waals surface area contributed by atoms with Gasteiger partial charge in [0, 0.05) is 19.7 Å². The van der Waals surface area contributed by atoms with Crippen LogP contribution in [0.1, 0.15) is 51.9 Å². The Hall–Kier alpha value is -0.630. The Morgan fingerprint density at radius 3 is 2.95 bits per heavy atom. The fourth-order valence-corrected chi connectivity index (χ4v) is 4.02. The van der Waals surface area contributed by atoms with Gasteiger partial charge in [-0.1, -0.05) is 6.92 Å². The van der Waals surface area contributed by atoms with Crippen LogP contribution in [0.3, 0.4) is 0 Å². The first-order valence-electron chi connectivity index (χ1n) is 8.62. The minimum atomic E-state index is -0.285. The first-order chi connectivity index (χ1) is 10.2. The second-order valence-corrected chi connectivity index (χ2v) is 6.83. The van der Waals surface area contributed by atoms with Gasteiger partial charge in [-0.2, -0.15) is 5.26 Å². The van der Waals surface area contributed by atoms with Gasteiger partial charge in [-0.25, -0.2) is 0 Å². The smallest absolute Gasteiger partial charge is 0.108 e. The van der Waals surface area contributed by atoms with Gasteiger partial charge in [-0.05, 0) is 64.0 Å². The molecule has 2 rings (SSSR count). The van der Waals surface area contributed by atoms with E-state index in [1.165, 1.54) is 32.2 Å². The number of ether oxygens (including phenoxy) is 1. The molecule has 0 aromatic rings. The van der Waals surface area contributed by atoms with Crippen molar-refractivity contribution >= 4 is 0 Å². The van der Waals surface area contributed by atoms with Crippen LogP contribution in [0, 0.1) is 17.2 Å². The van der Waals surface area contributed by atoms with Crippen molar-refractivity contribution in [3.05, 3.63) is 0 Å². The third-order valence-electron chi connectivity index (χ3n) is 5.12. The molecule has 1 saturated heterocycles. The van der Waals surface area contributed by atoms with Crippen molar-refractivity contribution in [3.63, 3.8) is 0 Å². The summed E-state index contributed by atoms with van der Waals surface area (Å²) in [5.74, 6) is 0.672. The third kappa shape index (κ3) is 4.42. The molecule has 1 aliphatic carbocycles. The number of hydrogen-bond acceptors (Lipinski definition) is 4. The van der Waals surface area contributed by atoms with Crippen molar-refractivity contribution in [3.8, 4) is 6.07 Å². The van der Waals surface area contributed by atoms with Crippen LogP contribution in [-0.4, -0.2) is 49.8 Å². The van der Waals surface area contributed by atoms with Gasteiger partial charge >= 0.3 is 0 Å². The zero-order valence-electron chi connectivity index (χ0n) is 13.7. The maximum Gasteiger partial charge on any atom is 0.108 e. The Labute approximate surface area is 129 Å². The maximum atomic E-state index is 9.67. The van der Waals surface area contributed by atoms with Crippen LogP contribution in [0.15, 0.2) is 0 Å². The number of nitrogens with one attached hydrogen (secondary N) is 1. The zero-order valence-corrected chi connectivity index (χ0v) is 13.7. The standard InChI is InChI=1S/C17H31N3O/c1-3-9-19-17(14-18)8-4-7-16(11-17)20-10-5-6-15(12-20)13-21-2/h15-16,19H,3-13H2,1-2H3. The minimum absolute atomic E-state index is 0.285. The van der Waals surface area contributed by atoms with Crippen molar-refractivity contribution in [2.45, 2.75) is 63.5 Å². The summed E-state index contributed by atoms with van der Waals surface area (Å²) in [6.07, 6.45) is 8.06. The Morgan fingerprint density at radius 2 is 2.24 bits per heavy atom. The average molecular weight is 293 g/mol. The van der Waals surface area contributed by atoms with Gasteiger partial charge in [0.2, 0.25) is 0 Å². The topological polar surface area (TPSA) is 48.3 Å². The van der Waals surface area contributed by atoms with Crippen molar-refractivity contribution in [2.75, 3.05) is 33.4 Å². The molecule has 1 heterocycles. The molecule has 21 heavy (non-hydrogen) atoms. The molecule has 4 nitrogen and oxygen atoms in total. The van der Waals surface area contributed by atoms with E-state index in [1.807, 2.05) is 0 Å². The lowest BCUT2D eigenvalue weighted by Crippen LogP contribution is -2.54. The van der Waals surface area contributed by atoms with Crippen LogP contribution < -0.4 is 5.32 Å². The van der Waals surface area contributed by atoms with Crippen LogP contribution in [0.5, 0.6) is 0 Å². The molecule has 1 N–H and O–H groups in total. The highest BCUT2D eigenvalue weighted by Gasteiger charge is 2.39. The Morgan fingerprint density at radius 1 is 1.38 bits per heavy atom. The minimum Gasteiger partial charge on any atom is -0.384 e. The summed E-state index contributed by atoms with van der Waals surface area (Å²) in [5, 5.41) is 13.2. The molecule has 2 fully saturated rings. The maximum absolute atomic E-state index is 9.67. The van der Waals surface area contributed by atoms with Crippen molar-refractivity contribution in [2.24, 2.45) is 5.92 Å². The second-order valence-electron chi connectivity index (χ2n) is 6.83. The number of rotatable bonds is 6. The predicted molar refractivity (Wildman–Crippen MR) is 85.1 cm³/mol. The summed E-state index contributed by atoms with van der Waals surface area (Å²) in [6, 6.07) is 3.17. The van der Waals surface area contributed by atoms with E-state index in [2.05, 4.69) is 23.2 Å². The largest absolute Gasteiger partial charge is 0.384 e. The number of likely N-dealkylation sites (tertiary alicyclic amines) is 1. The van der Waals surface area contributed by atoms with Gasteiger partial charge in [0.25, 0.3) is 0 Å². The van der Waals surface area contributed by atoms with Gasteiger partial charge in [0.05, 0.1) is 12.7 Å². The molecule has 3 atom stereocenters. The third-order valence-corrected chi connectivity index (χ3v) is 5.12. The molecule has 0 aromatic carbocycles. The summed E-state index contributed by atoms with van der Waals surface area (Å²) in [5.41, 5.74) is -0.285. The number of methoxy groups -OCH3 is 1. The van der Waals surface area contributed by atoms with Gasteiger partial charge < -0.3 is 4.74 Å². The summed E-state index contributed by atoms with van der Waals surface area (Å²) < 4.78 is 5.34. The van der Waals surface area contributed by atoms with Crippen molar-refractivity contribution < 1.29 is 4.74 Å². The Kier molecular flexibility index (Phi) is 6.47. The van der Waals surface area contributed by atoms with Crippen LogP contribution in [0.2, 0.25) is 0 Å². The summed E-state index contributed by atoms with van der Waals surface area (Å²) in [7, 11) is 1.80. The van der Waals surface area contributed by atoms with Gasteiger partial charge in [-0.3, -0.25) is 10.2 Å². The van der Waals surface area contributed by atoms with Crippen molar-refractivity contribution in [1.82, 2.24) is 10.2 Å². The molecule has 1 saturated carbocycles. The Bertz CT molecular complexity index is 352. The van der Waals surface area contributed by atoms with E-state index in [0.717, 1.165) is 39.0 Å². The second kappa shape index (κ2) is 8.12. The summed E-state index contributed by atoms with van der Waals surface area (Å²) >= 11 is 0. The highest BCUT2D eigenvalue weighted by atomic mass is 16.5. The van der Waals surface area contributed by atoms with E-state index in [4.69, 9.17) is 4.74 Å². The highest BCUT2D eigenvalue weighted by Crippen LogP contribution is 2.33. The SMILES string of the molecule is CCCNC1(C#N)CCCC(N2CCCC(COC)C2)C1. The normalized spacial score (nSPS) is 34.5. The molecule has 120 valence electrons. The van der Waals surface area contributed by atoms with Gasteiger partial charge in [0.15, 0.2) is 0 Å². The van der Waals surface area contributed by atoms with Crippen molar-refractivity contribution in [1.29, 1.82) is 5.26 Å². The molecule has 4 heteroatoms. The highest BCUT2D eigenvalue weighted by molar-refractivity contribution is 5.11. The van der Waals surface area contributed by atoms with E-state index in [-0.39, 0.29) is 5.54 Å². The monoisotopic (exact) mass is 293 g/mol. The number of piperidine rings is 1. The molecule has 0 bridgehead atoms. The van der Waals surface area contributed by atoms with E-state index in [9.17, 15) is 5.26 Å². The fourth-order valence-electron chi connectivity index (χ4n) is 4.02.